The lowest BCUT2D eigenvalue weighted by Crippen LogP contribution is -2.31. The first-order valence-electron chi connectivity index (χ1n) is 5.23. The second kappa shape index (κ2) is 5.82. The van der Waals surface area contributed by atoms with E-state index in [4.69, 9.17) is 0 Å². The molecule has 0 saturated carbocycles. The summed E-state index contributed by atoms with van der Waals surface area (Å²) in [5, 5.41) is 4.21. The molecule has 17 heavy (non-hydrogen) atoms. The normalized spacial score (nSPS) is 10.1. The number of amides is 1. The summed E-state index contributed by atoms with van der Waals surface area (Å²) in [6.07, 6.45) is 3.37. The van der Waals surface area contributed by atoms with Crippen molar-refractivity contribution in [2.24, 2.45) is 7.05 Å². The van der Waals surface area contributed by atoms with Gasteiger partial charge >= 0.3 is 0 Å². The Morgan fingerprint density at radius 2 is 2.00 bits per heavy atom. The Morgan fingerprint density at radius 1 is 1.47 bits per heavy atom. The van der Waals surface area contributed by atoms with Crippen molar-refractivity contribution in [3.05, 3.63) is 41.2 Å². The van der Waals surface area contributed by atoms with Gasteiger partial charge in [0.25, 0.3) is 5.91 Å². The Morgan fingerprint density at radius 3 is 2.35 bits per heavy atom. The fraction of sp³-hybridized carbons (Fsp3) is 0.333. The maximum Gasteiger partial charge on any atom is 0.276 e. The van der Waals surface area contributed by atoms with Gasteiger partial charge in [-0.2, -0.15) is 5.10 Å². The predicted octanol–water partition coefficient (Wildman–Crippen LogP) is 2.31. The second-order valence-corrected chi connectivity index (χ2v) is 4.45. The Bertz CT molecular complexity index is 441. The third-order valence-electron chi connectivity index (χ3n) is 2.45. The smallest absolute Gasteiger partial charge is 0.276 e. The molecule has 0 aromatic carbocycles. The van der Waals surface area contributed by atoms with Crippen LogP contribution in [0.1, 0.15) is 16.2 Å². The van der Waals surface area contributed by atoms with Crippen molar-refractivity contribution in [2.75, 3.05) is 13.1 Å². The van der Waals surface area contributed by atoms with Crippen molar-refractivity contribution < 1.29 is 4.79 Å². The first-order valence-corrected chi connectivity index (χ1v) is 6.02. The van der Waals surface area contributed by atoms with E-state index in [1.165, 1.54) is 0 Å². The molecule has 0 aliphatic heterocycles. The molecule has 1 amide bonds. The molecule has 0 spiro atoms. The summed E-state index contributed by atoms with van der Waals surface area (Å²) in [5.41, 5.74) is 1.35. The number of carbonyl (C=O) groups excluding carboxylic acids is 1. The summed E-state index contributed by atoms with van der Waals surface area (Å²) in [6.45, 7) is 10.1. The van der Waals surface area contributed by atoms with Crippen LogP contribution in [-0.2, 0) is 7.05 Å². The van der Waals surface area contributed by atoms with Crippen LogP contribution in [0.15, 0.2) is 29.8 Å². The Labute approximate surface area is 110 Å². The Balaban J connectivity index is 3.04. The molecule has 5 heteroatoms. The van der Waals surface area contributed by atoms with Gasteiger partial charge in [0.1, 0.15) is 0 Å². The highest BCUT2D eigenvalue weighted by atomic mass is 79.9. The van der Waals surface area contributed by atoms with Crippen molar-refractivity contribution in [1.82, 2.24) is 14.7 Å². The molecule has 0 radical (unpaired) electrons. The summed E-state index contributed by atoms with van der Waals surface area (Å²) in [4.78, 5) is 13.9. The summed E-state index contributed by atoms with van der Waals surface area (Å²) >= 11 is 3.39. The average Bonchev–Trinajstić information content (AvgIpc) is 2.56. The molecule has 0 N–H and O–H groups in total. The standard InChI is InChI=1S/C12H16BrN3O/c1-5-7-16(8-6-2)12(17)11-10(13)9(3)15(4)14-11/h5-6H,1-2,7-8H2,3-4H3. The SMILES string of the molecule is C=CCN(CC=C)C(=O)c1nn(C)c(C)c1Br. The highest BCUT2D eigenvalue weighted by molar-refractivity contribution is 9.10. The third kappa shape index (κ3) is 2.85. The highest BCUT2D eigenvalue weighted by Gasteiger charge is 2.21. The van der Waals surface area contributed by atoms with Gasteiger partial charge in [-0.25, -0.2) is 0 Å². The van der Waals surface area contributed by atoms with Crippen LogP contribution in [0.4, 0.5) is 0 Å². The Kier molecular flexibility index (Phi) is 4.69. The van der Waals surface area contributed by atoms with Crippen molar-refractivity contribution in [2.45, 2.75) is 6.92 Å². The van der Waals surface area contributed by atoms with Crippen molar-refractivity contribution in [1.29, 1.82) is 0 Å². The molecule has 1 aromatic heterocycles. The van der Waals surface area contributed by atoms with Gasteiger partial charge in [-0.1, -0.05) is 12.2 Å². The van der Waals surface area contributed by atoms with Gasteiger partial charge in [0.2, 0.25) is 0 Å². The maximum atomic E-state index is 12.2. The number of carbonyl (C=O) groups is 1. The molecular weight excluding hydrogens is 282 g/mol. The lowest BCUT2D eigenvalue weighted by atomic mass is 10.3. The molecule has 4 nitrogen and oxygen atoms in total. The van der Waals surface area contributed by atoms with Crippen LogP contribution in [-0.4, -0.2) is 33.7 Å². The summed E-state index contributed by atoms with van der Waals surface area (Å²) in [6, 6.07) is 0. The fourth-order valence-electron chi connectivity index (χ4n) is 1.42. The van der Waals surface area contributed by atoms with E-state index in [2.05, 4.69) is 34.2 Å². The zero-order valence-electron chi connectivity index (χ0n) is 10.1. The van der Waals surface area contributed by atoms with Crippen LogP contribution in [0.5, 0.6) is 0 Å². The van der Waals surface area contributed by atoms with Crippen LogP contribution in [0.3, 0.4) is 0 Å². The lowest BCUT2D eigenvalue weighted by Gasteiger charge is -2.17. The van der Waals surface area contributed by atoms with E-state index in [1.807, 2.05) is 14.0 Å². The van der Waals surface area contributed by atoms with E-state index < -0.39 is 0 Å². The van der Waals surface area contributed by atoms with Crippen LogP contribution >= 0.6 is 15.9 Å². The van der Waals surface area contributed by atoms with Crippen molar-refractivity contribution in [3.63, 3.8) is 0 Å². The van der Waals surface area contributed by atoms with Gasteiger partial charge in [0.15, 0.2) is 5.69 Å². The van der Waals surface area contributed by atoms with Crippen molar-refractivity contribution >= 4 is 21.8 Å². The number of hydrogen-bond acceptors (Lipinski definition) is 2. The predicted molar refractivity (Wildman–Crippen MR) is 71.9 cm³/mol. The van der Waals surface area contributed by atoms with Gasteiger partial charge in [0.05, 0.1) is 10.2 Å². The highest BCUT2D eigenvalue weighted by Crippen LogP contribution is 2.21. The van der Waals surface area contributed by atoms with Crippen LogP contribution in [0.2, 0.25) is 0 Å². The molecule has 0 aliphatic rings. The number of rotatable bonds is 5. The van der Waals surface area contributed by atoms with E-state index in [1.54, 1.807) is 21.7 Å². The summed E-state index contributed by atoms with van der Waals surface area (Å²) < 4.78 is 2.42. The molecule has 0 bridgehead atoms. The largest absolute Gasteiger partial charge is 0.330 e. The van der Waals surface area contributed by atoms with Gasteiger partial charge < -0.3 is 4.90 Å². The van der Waals surface area contributed by atoms with Gasteiger partial charge in [-0.3, -0.25) is 9.48 Å². The molecule has 0 fully saturated rings. The molecule has 0 atom stereocenters. The Hall–Kier alpha value is -1.36. The number of nitrogens with zero attached hydrogens (tertiary/aromatic N) is 3. The zero-order chi connectivity index (χ0) is 13.0. The fourth-order valence-corrected chi connectivity index (χ4v) is 1.93. The first-order chi connectivity index (χ1) is 8.02. The molecule has 1 aromatic rings. The molecule has 1 rings (SSSR count). The minimum absolute atomic E-state index is 0.125. The molecule has 1 heterocycles. The molecule has 0 saturated heterocycles. The topological polar surface area (TPSA) is 38.1 Å². The van der Waals surface area contributed by atoms with E-state index >= 15 is 0 Å². The van der Waals surface area contributed by atoms with E-state index in [0.29, 0.717) is 18.8 Å². The third-order valence-corrected chi connectivity index (χ3v) is 3.40. The summed E-state index contributed by atoms with van der Waals surface area (Å²) in [7, 11) is 1.81. The van der Waals surface area contributed by atoms with E-state index in [-0.39, 0.29) is 5.91 Å². The number of hydrogen-bond donors (Lipinski definition) is 0. The number of halogens is 1. The monoisotopic (exact) mass is 297 g/mol. The minimum Gasteiger partial charge on any atom is -0.330 e. The maximum absolute atomic E-state index is 12.2. The lowest BCUT2D eigenvalue weighted by molar-refractivity contribution is 0.0783. The van der Waals surface area contributed by atoms with Crippen LogP contribution in [0.25, 0.3) is 0 Å². The first kappa shape index (κ1) is 13.7. The van der Waals surface area contributed by atoms with Gasteiger partial charge in [0, 0.05) is 20.1 Å². The quantitative estimate of drug-likeness (QED) is 0.782. The number of aromatic nitrogens is 2. The molecule has 92 valence electrons. The molecule has 0 aliphatic carbocycles. The zero-order valence-corrected chi connectivity index (χ0v) is 11.7. The molecule has 0 unspecified atom stereocenters. The summed E-state index contributed by atoms with van der Waals surface area (Å²) in [5.74, 6) is -0.125. The number of aryl methyl sites for hydroxylation is 1. The van der Waals surface area contributed by atoms with Gasteiger partial charge in [-0.15, -0.1) is 13.2 Å². The van der Waals surface area contributed by atoms with E-state index in [0.717, 1.165) is 10.2 Å². The average molecular weight is 298 g/mol. The van der Waals surface area contributed by atoms with Crippen molar-refractivity contribution in [3.8, 4) is 0 Å². The second-order valence-electron chi connectivity index (χ2n) is 3.66. The molecular formula is C12H16BrN3O. The van der Waals surface area contributed by atoms with E-state index in [9.17, 15) is 4.79 Å². The van der Waals surface area contributed by atoms with Crippen LogP contribution < -0.4 is 0 Å². The van der Waals surface area contributed by atoms with Gasteiger partial charge in [-0.05, 0) is 22.9 Å². The minimum atomic E-state index is -0.125. The van der Waals surface area contributed by atoms with Crippen LogP contribution in [0, 0.1) is 6.92 Å².